The first-order chi connectivity index (χ1) is 9.93. The number of hydrogen-bond donors (Lipinski definition) is 1. The molecule has 3 atom stereocenters. The van der Waals surface area contributed by atoms with Gasteiger partial charge in [-0.2, -0.15) is 0 Å². The quantitative estimate of drug-likeness (QED) is 0.790. The molecule has 2 rings (SSSR count). The molecule has 2 aliphatic rings. The van der Waals surface area contributed by atoms with E-state index in [9.17, 15) is 4.79 Å². The summed E-state index contributed by atoms with van der Waals surface area (Å²) in [4.78, 5) is 14.6. The molecule has 2 bridgehead atoms. The lowest BCUT2D eigenvalue weighted by molar-refractivity contribution is -0.145. The lowest BCUT2D eigenvalue weighted by Crippen LogP contribution is -2.61. The Bertz CT molecular complexity index is 343. The summed E-state index contributed by atoms with van der Waals surface area (Å²) in [6.07, 6.45) is 3.90. The van der Waals surface area contributed by atoms with Crippen molar-refractivity contribution < 1.29 is 9.53 Å². The van der Waals surface area contributed by atoms with Crippen LogP contribution in [0.4, 0.5) is 0 Å². The molecule has 2 unspecified atom stereocenters. The molecule has 0 spiro atoms. The average Bonchev–Trinajstić information content (AvgIpc) is 2.42. The van der Waals surface area contributed by atoms with Crippen LogP contribution in [0.25, 0.3) is 0 Å². The van der Waals surface area contributed by atoms with Gasteiger partial charge in [-0.15, -0.1) is 0 Å². The summed E-state index contributed by atoms with van der Waals surface area (Å²) < 4.78 is 4.98. The lowest BCUT2D eigenvalue weighted by atomic mass is 9.72. The van der Waals surface area contributed by atoms with E-state index in [-0.39, 0.29) is 17.9 Å². The summed E-state index contributed by atoms with van der Waals surface area (Å²) in [5, 5.41) is 3.67. The minimum absolute atomic E-state index is 0.116. The number of likely N-dealkylation sites (tertiary alicyclic amines) is 1. The molecule has 0 radical (unpaired) electrons. The fraction of sp³-hybridized carbons (Fsp3) is 0.941. The molecule has 0 aromatic rings. The average molecular weight is 296 g/mol. The monoisotopic (exact) mass is 296 g/mol. The Balaban J connectivity index is 2.07. The molecule has 1 heterocycles. The van der Waals surface area contributed by atoms with Crippen LogP contribution < -0.4 is 5.32 Å². The molecule has 21 heavy (non-hydrogen) atoms. The van der Waals surface area contributed by atoms with Crippen LogP contribution in [0, 0.1) is 17.8 Å². The lowest BCUT2D eigenvalue weighted by Gasteiger charge is -2.50. The van der Waals surface area contributed by atoms with E-state index in [0.29, 0.717) is 23.9 Å². The van der Waals surface area contributed by atoms with Crippen LogP contribution in [0.2, 0.25) is 0 Å². The molecule has 1 N–H and O–H groups in total. The Kier molecular flexibility index (Phi) is 5.67. The molecule has 1 saturated carbocycles. The van der Waals surface area contributed by atoms with Gasteiger partial charge in [-0.1, -0.05) is 20.3 Å². The van der Waals surface area contributed by atoms with Crippen molar-refractivity contribution in [3.05, 3.63) is 0 Å². The first-order valence-corrected chi connectivity index (χ1v) is 8.52. The predicted octanol–water partition coefficient (Wildman–Crippen LogP) is 2.28. The third-order valence-electron chi connectivity index (χ3n) is 5.33. The van der Waals surface area contributed by atoms with Crippen molar-refractivity contribution in [2.24, 2.45) is 17.8 Å². The standard InChI is InChI=1S/C17H32N2O2/c1-11(2)15(17(20)21-5)18-16-13-7-6-8-14(16)10-19(9-13)12(3)4/h11-16,18H,6-10H2,1-5H3/t13?,14?,15-,16?/m0/s1. The molecule has 4 nitrogen and oxygen atoms in total. The maximum Gasteiger partial charge on any atom is 0.323 e. The summed E-state index contributed by atoms with van der Waals surface area (Å²) in [5.74, 6) is 1.49. The highest BCUT2D eigenvalue weighted by atomic mass is 16.5. The Morgan fingerprint density at radius 2 is 1.71 bits per heavy atom. The van der Waals surface area contributed by atoms with Crippen molar-refractivity contribution in [2.45, 2.75) is 65.1 Å². The van der Waals surface area contributed by atoms with Gasteiger partial charge in [0, 0.05) is 25.2 Å². The zero-order chi connectivity index (χ0) is 15.6. The number of hydrogen-bond acceptors (Lipinski definition) is 4. The summed E-state index contributed by atoms with van der Waals surface area (Å²) in [6, 6.07) is 0.921. The first-order valence-electron chi connectivity index (χ1n) is 8.52. The topological polar surface area (TPSA) is 41.6 Å². The second kappa shape index (κ2) is 7.10. The Morgan fingerprint density at radius 3 is 2.14 bits per heavy atom. The normalized spacial score (nSPS) is 31.5. The third kappa shape index (κ3) is 3.78. The number of nitrogens with zero attached hydrogens (tertiary/aromatic N) is 1. The number of rotatable bonds is 5. The van der Waals surface area contributed by atoms with E-state index in [2.05, 4.69) is 37.9 Å². The maximum atomic E-state index is 12.0. The summed E-state index contributed by atoms with van der Waals surface area (Å²) in [6.45, 7) is 11.1. The number of esters is 1. The minimum atomic E-state index is -0.173. The number of ether oxygens (including phenoxy) is 1. The van der Waals surface area contributed by atoms with Gasteiger partial charge in [-0.25, -0.2) is 0 Å². The summed E-state index contributed by atoms with van der Waals surface area (Å²) >= 11 is 0. The zero-order valence-corrected chi connectivity index (χ0v) is 14.3. The van der Waals surface area contributed by atoms with Crippen LogP contribution in [0.1, 0.15) is 47.0 Å². The van der Waals surface area contributed by atoms with E-state index < -0.39 is 0 Å². The van der Waals surface area contributed by atoms with Gasteiger partial charge in [-0.05, 0) is 44.4 Å². The second-order valence-electron chi connectivity index (χ2n) is 7.44. The van der Waals surface area contributed by atoms with Gasteiger partial charge in [0.15, 0.2) is 0 Å². The third-order valence-corrected chi connectivity index (χ3v) is 5.33. The smallest absolute Gasteiger partial charge is 0.323 e. The van der Waals surface area contributed by atoms with E-state index in [1.54, 1.807) is 0 Å². The zero-order valence-electron chi connectivity index (χ0n) is 14.3. The highest BCUT2D eigenvalue weighted by Gasteiger charge is 2.42. The molecule has 0 amide bonds. The van der Waals surface area contributed by atoms with E-state index in [1.807, 2.05) is 0 Å². The van der Waals surface area contributed by atoms with Gasteiger partial charge in [0.05, 0.1) is 7.11 Å². The highest BCUT2D eigenvalue weighted by Crippen LogP contribution is 2.36. The number of fused-ring (bicyclic) bond motifs is 2. The number of carbonyl (C=O) groups is 1. The fourth-order valence-corrected chi connectivity index (χ4v) is 4.03. The molecule has 1 aliphatic carbocycles. The number of carbonyl (C=O) groups excluding carboxylic acids is 1. The van der Waals surface area contributed by atoms with Gasteiger partial charge < -0.3 is 15.0 Å². The largest absolute Gasteiger partial charge is 0.468 e. The molecule has 0 aromatic carbocycles. The SMILES string of the molecule is COC(=O)[C@@H](NC1C2CCCC1CN(C(C)C)C2)C(C)C. The predicted molar refractivity (Wildman–Crippen MR) is 85.1 cm³/mol. The van der Waals surface area contributed by atoms with E-state index in [0.717, 1.165) is 13.1 Å². The minimum Gasteiger partial charge on any atom is -0.468 e. The molecule has 4 heteroatoms. The summed E-state index contributed by atoms with van der Waals surface area (Å²) in [7, 11) is 1.49. The van der Waals surface area contributed by atoms with Gasteiger partial charge in [0.2, 0.25) is 0 Å². The van der Waals surface area contributed by atoms with Crippen molar-refractivity contribution >= 4 is 5.97 Å². The van der Waals surface area contributed by atoms with Crippen LogP contribution in [-0.2, 0) is 9.53 Å². The van der Waals surface area contributed by atoms with Gasteiger partial charge in [0.25, 0.3) is 0 Å². The number of piperidine rings is 1. The van der Waals surface area contributed by atoms with Crippen molar-refractivity contribution in [1.82, 2.24) is 10.2 Å². The number of nitrogens with one attached hydrogen (secondary N) is 1. The van der Waals surface area contributed by atoms with Gasteiger partial charge in [0.1, 0.15) is 6.04 Å². The summed E-state index contributed by atoms with van der Waals surface area (Å²) in [5.41, 5.74) is 0. The van der Waals surface area contributed by atoms with Crippen molar-refractivity contribution in [1.29, 1.82) is 0 Å². The molecule has 2 fully saturated rings. The highest BCUT2D eigenvalue weighted by molar-refractivity contribution is 5.76. The van der Waals surface area contributed by atoms with Gasteiger partial charge >= 0.3 is 5.97 Å². The Labute approximate surface area is 129 Å². The molecule has 1 saturated heterocycles. The molecule has 1 aliphatic heterocycles. The van der Waals surface area contributed by atoms with Crippen LogP contribution in [-0.4, -0.2) is 49.2 Å². The van der Waals surface area contributed by atoms with Gasteiger partial charge in [-0.3, -0.25) is 4.79 Å². The molecule has 0 aromatic heterocycles. The van der Waals surface area contributed by atoms with E-state index >= 15 is 0 Å². The van der Waals surface area contributed by atoms with Crippen molar-refractivity contribution in [3.8, 4) is 0 Å². The number of methoxy groups -OCH3 is 1. The van der Waals surface area contributed by atoms with Crippen molar-refractivity contribution in [3.63, 3.8) is 0 Å². The van der Waals surface area contributed by atoms with Crippen LogP contribution >= 0.6 is 0 Å². The molecule has 122 valence electrons. The Hall–Kier alpha value is -0.610. The van der Waals surface area contributed by atoms with Crippen LogP contribution in [0.3, 0.4) is 0 Å². The Morgan fingerprint density at radius 1 is 1.14 bits per heavy atom. The molecular weight excluding hydrogens is 264 g/mol. The van der Waals surface area contributed by atoms with Crippen molar-refractivity contribution in [2.75, 3.05) is 20.2 Å². The molecular formula is C17H32N2O2. The fourth-order valence-electron chi connectivity index (χ4n) is 4.03. The van der Waals surface area contributed by atoms with Crippen LogP contribution in [0.15, 0.2) is 0 Å². The van der Waals surface area contributed by atoms with Crippen LogP contribution in [0.5, 0.6) is 0 Å². The van der Waals surface area contributed by atoms with E-state index in [1.165, 1.54) is 26.4 Å². The maximum absolute atomic E-state index is 12.0. The second-order valence-corrected chi connectivity index (χ2v) is 7.44. The first kappa shape index (κ1) is 16.8. The van der Waals surface area contributed by atoms with E-state index in [4.69, 9.17) is 4.74 Å².